The molecule has 0 aliphatic rings. The largest absolute Gasteiger partial charge is 0.393 e. The van der Waals surface area contributed by atoms with Crippen LogP contribution in [0.15, 0.2) is 0 Å². The van der Waals surface area contributed by atoms with Crippen LogP contribution >= 0.6 is 0 Å². The lowest BCUT2D eigenvalue weighted by Crippen LogP contribution is -2.31. The lowest BCUT2D eigenvalue weighted by molar-refractivity contribution is -0.0386. The molecule has 0 aromatic carbocycles. The number of rotatable bonds is 27. The second-order valence-corrected chi connectivity index (χ2v) is 63.5. The monoisotopic (exact) mass is 2100 g/mol. The highest BCUT2D eigenvalue weighted by atomic mass is 16.5. The van der Waals surface area contributed by atoms with Gasteiger partial charge in [-0.25, -0.2) is 0 Å². The molecule has 0 saturated heterocycles. The van der Waals surface area contributed by atoms with Crippen LogP contribution in [0.3, 0.4) is 0 Å². The van der Waals surface area contributed by atoms with Crippen LogP contribution < -0.4 is 0 Å². The van der Waals surface area contributed by atoms with Crippen molar-refractivity contribution in [2.45, 2.75) is 674 Å². The molecular weight excluding hydrogens is 1790 g/mol. The summed E-state index contributed by atoms with van der Waals surface area (Å²) in [6.07, 6.45) is 8.83. The first-order valence-electron chi connectivity index (χ1n) is 59.1. The van der Waals surface area contributed by atoms with Crippen LogP contribution in [0.25, 0.3) is 0 Å². The van der Waals surface area contributed by atoms with Crippen molar-refractivity contribution in [2.24, 2.45) is 176 Å². The summed E-state index contributed by atoms with van der Waals surface area (Å²) in [6, 6.07) is 0. The van der Waals surface area contributed by atoms with E-state index in [1.807, 2.05) is 13.8 Å². The third-order valence-corrected chi connectivity index (χ3v) is 32.3. The summed E-state index contributed by atoms with van der Waals surface area (Å²) >= 11 is 0. The standard InChI is InChI=1S/3C11H24O.3C9H20O.4C9H20.3C8H18O.C8H18.C7H16O.CH4/c2*1-8(2)12-10(4)9(3)11(5,6)7;1-7-8-12-10(3)9(2)11(4,5)6;3*1-7(8(2)10-6)9(3,4)5;4*1-7(2)8(3)9(4,5)6;2*1-7(9-5)6-8(2,3)4;1-6(7(2)9)8(3,4)5;1-6-7(2)8(3,4)5;1-6(8)5-7(2,3)4;/h2*8-10H,1-7H3;9-10H,7-8H2,1-6H3;3*7-8H,1-6H3;4*7-8H,1-6H3;2*7H,6H2,1-5H3;6-7,9H,1-5H3;7H,6H2,1-5H3;6,8H,5H2,1-4H3;1H4/t9-,10+;9-,10-;9-,10+;2*7-,8+;7-,8-;4*8-;2*7-;6-,7+;7-;6-;/m000101100010000./s1. The number of hydrogen-bond acceptors (Lipinski definition) is 10. The molecule has 0 heterocycles. The Hall–Kier alpha value is -0.400. The van der Waals surface area contributed by atoms with E-state index >= 15 is 0 Å². The summed E-state index contributed by atoms with van der Waals surface area (Å²) in [6.45, 7) is 181. The maximum absolute atomic E-state index is 9.16. The quantitative estimate of drug-likeness (QED) is 0.0824. The third kappa shape index (κ3) is 122. The first-order valence-corrected chi connectivity index (χ1v) is 59.1. The van der Waals surface area contributed by atoms with Crippen molar-refractivity contribution in [1.29, 1.82) is 0 Å². The molecule has 908 valence electrons. The van der Waals surface area contributed by atoms with E-state index in [9.17, 15) is 0 Å². The van der Waals surface area contributed by atoms with E-state index in [0.717, 1.165) is 85.6 Å². The normalized spacial score (nSPS) is 17.1. The molecule has 10 nitrogen and oxygen atoms in total. The second-order valence-electron chi connectivity index (χ2n) is 63.5. The molecule has 0 radical (unpaired) electrons. The van der Waals surface area contributed by atoms with Gasteiger partial charge in [-0.05, 0) is 299 Å². The molecule has 10 heteroatoms. The second kappa shape index (κ2) is 84.7. The van der Waals surface area contributed by atoms with Gasteiger partial charge in [-0.1, -0.05) is 478 Å². The van der Waals surface area contributed by atoms with Crippen LogP contribution in [0.1, 0.15) is 600 Å². The highest BCUT2D eigenvalue weighted by Crippen LogP contribution is 2.39. The van der Waals surface area contributed by atoms with Gasteiger partial charge in [-0.2, -0.15) is 0 Å². The fraction of sp³-hybridized carbons (Fsp3) is 1.00. The summed E-state index contributed by atoms with van der Waals surface area (Å²) in [7, 11) is 8.83. The molecule has 0 fully saturated rings. The van der Waals surface area contributed by atoms with Gasteiger partial charge in [0.15, 0.2) is 0 Å². The van der Waals surface area contributed by atoms with Gasteiger partial charge in [-0.15, -0.1) is 0 Å². The lowest BCUT2D eigenvalue weighted by atomic mass is 9.76. The molecule has 22 atom stereocenters. The van der Waals surface area contributed by atoms with Crippen molar-refractivity contribution < 1.29 is 48.1 Å². The molecule has 0 amide bonds. The maximum Gasteiger partial charge on any atom is 0.0580 e. The predicted octanol–water partition coefficient (Wildman–Crippen LogP) is 44.3. The van der Waals surface area contributed by atoms with Crippen LogP contribution in [-0.4, -0.2) is 126 Å². The van der Waals surface area contributed by atoms with Crippen molar-refractivity contribution in [3.63, 3.8) is 0 Å². The number of ether oxygens (including phenoxy) is 8. The highest BCUT2D eigenvalue weighted by molar-refractivity contribution is 4.83. The zero-order valence-electron chi connectivity index (χ0n) is 118. The Bertz CT molecular complexity index is 2480. The number of methoxy groups -OCH3 is 5. The summed E-state index contributed by atoms with van der Waals surface area (Å²) in [5, 5.41) is 18.0. The van der Waals surface area contributed by atoms with Crippen molar-refractivity contribution in [3.05, 3.63) is 0 Å². The van der Waals surface area contributed by atoms with Crippen LogP contribution in [0.4, 0.5) is 0 Å². The first kappa shape index (κ1) is 181. The van der Waals surface area contributed by atoms with Crippen LogP contribution in [0, 0.1) is 176 Å². The molecule has 2 N–H and O–H groups in total. The van der Waals surface area contributed by atoms with Gasteiger partial charge in [0.05, 0.1) is 73.2 Å². The molecule has 0 spiro atoms. The Morgan fingerprint density at radius 1 is 0.199 bits per heavy atom. The SMILES string of the molecule is C.CC(C)O[C@@H](C)[C@H](C)C(C)(C)C.CC(C)O[C@H](C)[C@H](C)C(C)(C)C.CC(C)[C@@H](C)C(C)(C)C.CC(C)[C@H](C)C(C)(C)C.CC(C)[C@H](C)C(C)(C)C.CC(C)[C@H](C)C(C)(C)C.CCCO[C@H](C)[C@H](C)C(C)(C)C.CC[C@H](C)C(C)(C)C.CO[C@@H](C)CC(C)(C)C.CO[C@@H](C)[C@@H](C)C(C)(C)C.CO[C@H](C)CC(C)(C)C.CO[C@H](C)[C@@H](C)C(C)(C)C.CO[C@H](C)[C@H](C)C(C)(C)C.C[C@@H](O)[C@H](C)C(C)(C)C.C[C@H](O)CC(C)(C)C. The van der Waals surface area contributed by atoms with E-state index in [-0.39, 0.29) is 30.5 Å². The summed E-state index contributed by atoms with van der Waals surface area (Å²) in [5.74, 6) is 11.4. The Kier molecular flexibility index (Phi) is 105. The minimum Gasteiger partial charge on any atom is -0.393 e. The maximum atomic E-state index is 9.16. The number of aliphatic hydroxyl groups excluding tert-OH is 2. The Labute approximate surface area is 934 Å². The molecule has 0 rings (SSSR count). The van der Waals surface area contributed by atoms with E-state index in [1.165, 1.54) is 6.42 Å². The Morgan fingerprint density at radius 2 is 0.363 bits per heavy atom. The van der Waals surface area contributed by atoms with Crippen molar-refractivity contribution in [2.75, 3.05) is 42.2 Å². The van der Waals surface area contributed by atoms with Crippen LogP contribution in [0.5, 0.6) is 0 Å². The van der Waals surface area contributed by atoms with E-state index < -0.39 is 0 Å². The first-order chi connectivity index (χ1) is 63.1. The van der Waals surface area contributed by atoms with Crippen LogP contribution in [-0.2, 0) is 37.9 Å². The molecular formula is C136H304O10. The van der Waals surface area contributed by atoms with Crippen molar-refractivity contribution in [3.8, 4) is 0 Å². The zero-order chi connectivity index (χ0) is 122. The van der Waals surface area contributed by atoms with E-state index in [1.54, 1.807) is 35.5 Å². The summed E-state index contributed by atoms with van der Waals surface area (Å²) in [5.41, 5.74) is 5.84. The highest BCUT2D eigenvalue weighted by Gasteiger charge is 2.33. The fourth-order valence-corrected chi connectivity index (χ4v) is 14.5. The number of hydrogen-bond donors (Lipinski definition) is 2. The van der Waals surface area contributed by atoms with E-state index in [4.69, 9.17) is 48.1 Å². The lowest BCUT2D eigenvalue weighted by Gasteiger charge is -2.33. The molecule has 0 aliphatic heterocycles. The third-order valence-electron chi connectivity index (χ3n) is 32.3. The van der Waals surface area contributed by atoms with Crippen LogP contribution in [0.2, 0.25) is 0 Å². The van der Waals surface area contributed by atoms with Gasteiger partial charge < -0.3 is 48.1 Å². The average Bonchev–Trinajstić information content (AvgIpc) is 0.875. The predicted molar refractivity (Wildman–Crippen MR) is 675 cm³/mol. The van der Waals surface area contributed by atoms with Gasteiger partial charge in [-0.3, -0.25) is 0 Å². The molecule has 0 aliphatic carbocycles. The molecule has 0 aromatic rings. The van der Waals surface area contributed by atoms with Gasteiger partial charge in [0, 0.05) is 42.2 Å². The molecule has 0 unspecified atom stereocenters. The zero-order valence-corrected chi connectivity index (χ0v) is 118. The van der Waals surface area contributed by atoms with Gasteiger partial charge in [0.2, 0.25) is 0 Å². The van der Waals surface area contributed by atoms with E-state index in [2.05, 4.69) is 547 Å². The smallest absolute Gasteiger partial charge is 0.0580 e. The van der Waals surface area contributed by atoms with Crippen molar-refractivity contribution >= 4 is 0 Å². The Balaban J connectivity index is -0.0000000887. The number of aliphatic hydroxyl groups is 2. The fourth-order valence-electron chi connectivity index (χ4n) is 14.5. The Morgan fingerprint density at radius 3 is 0.425 bits per heavy atom. The molecule has 0 saturated carbocycles. The minimum absolute atomic E-state index is 0. The topological polar surface area (TPSA) is 114 Å². The van der Waals surface area contributed by atoms with Crippen molar-refractivity contribution in [1.82, 2.24) is 0 Å². The molecule has 0 aromatic heterocycles. The van der Waals surface area contributed by atoms with Gasteiger partial charge >= 0.3 is 0 Å². The van der Waals surface area contributed by atoms with Gasteiger partial charge in [0.25, 0.3) is 0 Å². The minimum atomic E-state index is -0.190. The molecule has 0 bridgehead atoms. The summed E-state index contributed by atoms with van der Waals surface area (Å²) < 4.78 is 43.1. The van der Waals surface area contributed by atoms with E-state index in [0.29, 0.717) is 173 Å². The molecule has 146 heavy (non-hydrogen) atoms. The average molecular weight is 2100 g/mol. The summed E-state index contributed by atoms with van der Waals surface area (Å²) in [4.78, 5) is 0. The van der Waals surface area contributed by atoms with Gasteiger partial charge in [0.1, 0.15) is 0 Å².